The van der Waals surface area contributed by atoms with Crippen LogP contribution < -0.4 is 10.5 Å². The van der Waals surface area contributed by atoms with Crippen molar-refractivity contribution in [3.05, 3.63) is 5.69 Å². The van der Waals surface area contributed by atoms with Crippen LogP contribution in [0.1, 0.15) is 19.0 Å². The summed E-state index contributed by atoms with van der Waals surface area (Å²) >= 11 is 0. The number of nitrogens with two attached hydrogens (primary N) is 1. The van der Waals surface area contributed by atoms with E-state index in [0.29, 0.717) is 18.2 Å². The van der Waals surface area contributed by atoms with Crippen LogP contribution in [-0.2, 0) is 0 Å². The molecule has 12 heavy (non-hydrogen) atoms. The number of hydrogen-bond acceptors (Lipinski definition) is 5. The van der Waals surface area contributed by atoms with Crippen molar-refractivity contribution in [1.82, 2.24) is 10.3 Å². The largest absolute Gasteiger partial charge is 0.473 e. The molecule has 0 aliphatic heterocycles. The van der Waals surface area contributed by atoms with E-state index < -0.39 is 0 Å². The molecule has 0 spiro atoms. The van der Waals surface area contributed by atoms with Gasteiger partial charge in [0, 0.05) is 6.04 Å². The molecule has 5 nitrogen and oxygen atoms in total. The van der Waals surface area contributed by atoms with Crippen molar-refractivity contribution in [2.75, 3.05) is 6.61 Å². The average molecular weight is 171 g/mol. The van der Waals surface area contributed by atoms with Crippen LogP contribution in [0.25, 0.3) is 0 Å². The van der Waals surface area contributed by atoms with Crippen LogP contribution in [0.2, 0.25) is 0 Å². The van der Waals surface area contributed by atoms with Gasteiger partial charge in [0.05, 0.1) is 0 Å². The molecular weight excluding hydrogens is 158 g/mol. The van der Waals surface area contributed by atoms with Gasteiger partial charge in [-0.2, -0.15) is 0 Å². The van der Waals surface area contributed by atoms with E-state index in [1.807, 2.05) is 6.92 Å². The van der Waals surface area contributed by atoms with E-state index in [0.717, 1.165) is 6.42 Å². The second kappa shape index (κ2) is 4.06. The van der Waals surface area contributed by atoms with Crippen molar-refractivity contribution >= 4 is 0 Å². The van der Waals surface area contributed by atoms with Crippen LogP contribution in [0.4, 0.5) is 0 Å². The minimum absolute atomic E-state index is 0.0427. The molecule has 0 fully saturated rings. The van der Waals surface area contributed by atoms with Crippen LogP contribution in [-0.4, -0.2) is 23.0 Å². The van der Waals surface area contributed by atoms with Crippen LogP contribution in [0.15, 0.2) is 4.63 Å². The third-order valence-corrected chi connectivity index (χ3v) is 1.57. The Morgan fingerprint density at radius 2 is 2.33 bits per heavy atom. The summed E-state index contributed by atoms with van der Waals surface area (Å²) in [6, 6.07) is 0.0427. The molecule has 0 aliphatic carbocycles. The van der Waals surface area contributed by atoms with Gasteiger partial charge in [0.2, 0.25) is 0 Å². The van der Waals surface area contributed by atoms with Crippen molar-refractivity contribution in [3.63, 3.8) is 0 Å². The summed E-state index contributed by atoms with van der Waals surface area (Å²) in [7, 11) is 0. The maximum absolute atomic E-state index is 5.64. The van der Waals surface area contributed by atoms with Crippen LogP contribution in [0.5, 0.6) is 5.88 Å². The fourth-order valence-electron chi connectivity index (χ4n) is 0.658. The van der Waals surface area contributed by atoms with Crippen LogP contribution in [0, 0.1) is 6.92 Å². The van der Waals surface area contributed by atoms with E-state index in [-0.39, 0.29) is 6.04 Å². The molecule has 5 heteroatoms. The first-order valence-corrected chi connectivity index (χ1v) is 3.91. The average Bonchev–Trinajstić information content (AvgIpc) is 2.47. The maximum atomic E-state index is 5.64. The summed E-state index contributed by atoms with van der Waals surface area (Å²) in [4.78, 5) is 0. The molecule has 1 rings (SSSR count). The van der Waals surface area contributed by atoms with Gasteiger partial charge < -0.3 is 10.5 Å². The second-order valence-corrected chi connectivity index (χ2v) is 2.63. The molecule has 1 aromatic rings. The molecule has 0 aliphatic rings. The van der Waals surface area contributed by atoms with Crippen LogP contribution in [0.3, 0.4) is 0 Å². The number of ether oxygens (including phenoxy) is 1. The molecule has 2 N–H and O–H groups in total. The van der Waals surface area contributed by atoms with Crippen molar-refractivity contribution in [2.45, 2.75) is 26.3 Å². The molecule has 1 atom stereocenters. The lowest BCUT2D eigenvalue weighted by Gasteiger charge is -2.07. The topological polar surface area (TPSA) is 74.2 Å². The molecule has 0 radical (unpaired) electrons. The summed E-state index contributed by atoms with van der Waals surface area (Å²) in [6.07, 6.45) is 0.879. The zero-order chi connectivity index (χ0) is 8.97. The molecule has 68 valence electrons. The van der Waals surface area contributed by atoms with Gasteiger partial charge in [-0.25, -0.2) is 4.63 Å². The van der Waals surface area contributed by atoms with Gasteiger partial charge in [-0.05, 0) is 18.5 Å². The number of nitrogens with zero attached hydrogens (tertiary/aromatic N) is 2. The van der Waals surface area contributed by atoms with E-state index in [1.54, 1.807) is 6.92 Å². The van der Waals surface area contributed by atoms with Gasteiger partial charge in [-0.1, -0.05) is 12.1 Å². The number of aryl methyl sites for hydroxylation is 1. The molecule has 0 saturated heterocycles. The smallest absolute Gasteiger partial charge is 0.278 e. The van der Waals surface area contributed by atoms with Crippen molar-refractivity contribution in [2.24, 2.45) is 5.73 Å². The third-order valence-electron chi connectivity index (χ3n) is 1.57. The molecule has 0 unspecified atom stereocenters. The Bertz CT molecular complexity index is 236. The zero-order valence-corrected chi connectivity index (χ0v) is 7.28. The Kier molecular flexibility index (Phi) is 3.04. The SMILES string of the molecule is CC[C@H](N)COc1nonc1C. The monoisotopic (exact) mass is 171 g/mol. The minimum atomic E-state index is 0.0427. The van der Waals surface area contributed by atoms with E-state index >= 15 is 0 Å². The van der Waals surface area contributed by atoms with Gasteiger partial charge in [-0.3, -0.25) is 0 Å². The van der Waals surface area contributed by atoms with Crippen molar-refractivity contribution in [1.29, 1.82) is 0 Å². The lowest BCUT2D eigenvalue weighted by Crippen LogP contribution is -2.26. The van der Waals surface area contributed by atoms with Gasteiger partial charge in [-0.15, -0.1) is 0 Å². The van der Waals surface area contributed by atoms with Gasteiger partial charge in [0.1, 0.15) is 12.3 Å². The number of aromatic nitrogens is 2. The van der Waals surface area contributed by atoms with E-state index in [1.165, 1.54) is 0 Å². The second-order valence-electron chi connectivity index (χ2n) is 2.63. The van der Waals surface area contributed by atoms with Gasteiger partial charge in [0.25, 0.3) is 5.88 Å². The Hall–Kier alpha value is -1.10. The highest BCUT2D eigenvalue weighted by Gasteiger charge is 2.07. The molecule has 1 aromatic heterocycles. The molecule has 0 saturated carbocycles. The molecule has 0 bridgehead atoms. The summed E-state index contributed by atoms with van der Waals surface area (Å²) in [5.74, 6) is 0.430. The first-order valence-electron chi connectivity index (χ1n) is 3.91. The summed E-state index contributed by atoms with van der Waals surface area (Å²) in [5.41, 5.74) is 6.29. The van der Waals surface area contributed by atoms with Crippen molar-refractivity contribution < 1.29 is 9.37 Å². The van der Waals surface area contributed by atoms with E-state index in [9.17, 15) is 0 Å². The quantitative estimate of drug-likeness (QED) is 0.713. The number of hydrogen-bond donors (Lipinski definition) is 1. The molecular formula is C7H13N3O2. The standard InChI is InChI=1S/C7H13N3O2/c1-3-6(8)4-11-7-5(2)9-12-10-7/h6H,3-4,8H2,1-2H3/t6-/m0/s1. The Labute approximate surface area is 70.8 Å². The first kappa shape index (κ1) is 8.99. The normalized spacial score (nSPS) is 12.9. The lowest BCUT2D eigenvalue weighted by molar-refractivity contribution is 0.241. The zero-order valence-electron chi connectivity index (χ0n) is 7.28. The predicted octanol–water partition coefficient (Wildman–Crippen LogP) is 0.494. The molecule has 1 heterocycles. The van der Waals surface area contributed by atoms with Crippen molar-refractivity contribution in [3.8, 4) is 5.88 Å². The van der Waals surface area contributed by atoms with Gasteiger partial charge in [0.15, 0.2) is 0 Å². The lowest BCUT2D eigenvalue weighted by atomic mass is 10.3. The van der Waals surface area contributed by atoms with Gasteiger partial charge >= 0.3 is 0 Å². The third kappa shape index (κ3) is 2.20. The number of rotatable bonds is 4. The Morgan fingerprint density at radius 3 is 2.83 bits per heavy atom. The summed E-state index contributed by atoms with van der Waals surface area (Å²) < 4.78 is 9.68. The highest BCUT2D eigenvalue weighted by molar-refractivity contribution is 5.11. The predicted molar refractivity (Wildman–Crippen MR) is 42.8 cm³/mol. The van der Waals surface area contributed by atoms with E-state index in [4.69, 9.17) is 10.5 Å². The fraction of sp³-hybridized carbons (Fsp3) is 0.714. The van der Waals surface area contributed by atoms with Crippen LogP contribution >= 0.6 is 0 Å². The Balaban J connectivity index is 2.38. The first-order chi connectivity index (χ1) is 5.74. The summed E-state index contributed by atoms with van der Waals surface area (Å²) in [6.45, 7) is 4.22. The molecule has 0 aromatic carbocycles. The summed E-state index contributed by atoms with van der Waals surface area (Å²) in [5, 5.41) is 7.13. The Morgan fingerprint density at radius 1 is 1.58 bits per heavy atom. The maximum Gasteiger partial charge on any atom is 0.278 e. The fourth-order valence-corrected chi connectivity index (χ4v) is 0.658. The highest BCUT2D eigenvalue weighted by Crippen LogP contribution is 2.10. The molecule has 0 amide bonds. The highest BCUT2D eigenvalue weighted by atomic mass is 16.6. The van der Waals surface area contributed by atoms with E-state index in [2.05, 4.69) is 14.9 Å². The minimum Gasteiger partial charge on any atom is -0.473 e.